The van der Waals surface area contributed by atoms with Crippen molar-refractivity contribution < 1.29 is 24.2 Å². The van der Waals surface area contributed by atoms with Gasteiger partial charge in [0.25, 0.3) is 0 Å². The number of ether oxygens (including phenoxy) is 2. The second-order valence-corrected chi connectivity index (χ2v) is 3.36. The number of carbonyl (C=O) groups is 2. The van der Waals surface area contributed by atoms with Gasteiger partial charge in [-0.25, -0.2) is 0 Å². The zero-order valence-corrected chi connectivity index (χ0v) is 9.73. The minimum absolute atomic E-state index is 0.0382. The molecule has 0 atom stereocenters. The zero-order valence-electron chi connectivity index (χ0n) is 9.73. The van der Waals surface area contributed by atoms with Crippen LogP contribution < -0.4 is 4.74 Å². The van der Waals surface area contributed by atoms with Crippen molar-refractivity contribution in [1.29, 1.82) is 0 Å². The molecule has 0 saturated carbocycles. The normalized spacial score (nSPS) is 9.76. The summed E-state index contributed by atoms with van der Waals surface area (Å²) >= 11 is 0. The van der Waals surface area contributed by atoms with Crippen LogP contribution in [0.4, 0.5) is 0 Å². The number of rotatable bonds is 5. The van der Waals surface area contributed by atoms with Crippen LogP contribution in [-0.2, 0) is 16.1 Å². The number of carbonyl (C=O) groups excluding carboxylic acids is 2. The third-order valence-corrected chi connectivity index (χ3v) is 2.03. The van der Waals surface area contributed by atoms with E-state index in [0.29, 0.717) is 18.5 Å². The molecule has 0 amide bonds. The van der Waals surface area contributed by atoms with Crippen molar-refractivity contribution in [3.05, 3.63) is 23.3 Å². The lowest BCUT2D eigenvalue weighted by Gasteiger charge is -2.10. The van der Waals surface area contributed by atoms with E-state index >= 15 is 0 Å². The standard InChI is InChI=1S/C12H14O5/c1-3-16-11-5-9(7-17-8(2)14)4-10(6-13)12(11)15/h4-6,15H,3,7H2,1-2H3. The summed E-state index contributed by atoms with van der Waals surface area (Å²) in [7, 11) is 0. The van der Waals surface area contributed by atoms with E-state index < -0.39 is 5.97 Å². The number of hydrogen-bond donors (Lipinski definition) is 1. The summed E-state index contributed by atoms with van der Waals surface area (Å²) in [6, 6.07) is 2.99. The Morgan fingerprint density at radius 1 is 1.47 bits per heavy atom. The average Bonchev–Trinajstić information content (AvgIpc) is 2.30. The quantitative estimate of drug-likeness (QED) is 0.624. The second kappa shape index (κ2) is 5.89. The third kappa shape index (κ3) is 3.48. The number of benzene rings is 1. The van der Waals surface area contributed by atoms with Crippen molar-refractivity contribution in [3.63, 3.8) is 0 Å². The van der Waals surface area contributed by atoms with Gasteiger partial charge >= 0.3 is 5.97 Å². The van der Waals surface area contributed by atoms with Crippen LogP contribution in [0, 0.1) is 0 Å². The molecule has 5 nitrogen and oxygen atoms in total. The van der Waals surface area contributed by atoms with Crippen LogP contribution in [0.25, 0.3) is 0 Å². The molecule has 0 radical (unpaired) electrons. The summed E-state index contributed by atoms with van der Waals surface area (Å²) < 4.78 is 9.99. The lowest BCUT2D eigenvalue weighted by molar-refractivity contribution is -0.142. The summed E-state index contributed by atoms with van der Waals surface area (Å²) in [4.78, 5) is 21.4. The molecule has 0 aliphatic rings. The summed E-state index contributed by atoms with van der Waals surface area (Å²) in [6.45, 7) is 3.46. The maximum Gasteiger partial charge on any atom is 0.302 e. The van der Waals surface area contributed by atoms with Gasteiger partial charge in [0.2, 0.25) is 0 Å². The highest BCUT2D eigenvalue weighted by Gasteiger charge is 2.11. The van der Waals surface area contributed by atoms with Crippen LogP contribution in [0.5, 0.6) is 11.5 Å². The molecule has 1 aromatic rings. The van der Waals surface area contributed by atoms with Crippen LogP contribution >= 0.6 is 0 Å². The van der Waals surface area contributed by atoms with Gasteiger partial charge in [-0.3, -0.25) is 9.59 Å². The van der Waals surface area contributed by atoms with Gasteiger partial charge in [-0.2, -0.15) is 0 Å². The second-order valence-electron chi connectivity index (χ2n) is 3.36. The fourth-order valence-electron chi connectivity index (χ4n) is 1.31. The van der Waals surface area contributed by atoms with Gasteiger partial charge in [-0.1, -0.05) is 0 Å². The van der Waals surface area contributed by atoms with Crippen LogP contribution in [0.15, 0.2) is 12.1 Å². The minimum atomic E-state index is -0.413. The lowest BCUT2D eigenvalue weighted by Crippen LogP contribution is -2.01. The predicted molar refractivity (Wildman–Crippen MR) is 60.1 cm³/mol. The zero-order chi connectivity index (χ0) is 12.8. The number of aromatic hydroxyl groups is 1. The molecule has 0 aliphatic carbocycles. The van der Waals surface area contributed by atoms with E-state index in [1.54, 1.807) is 6.92 Å². The first-order chi connectivity index (χ1) is 8.08. The molecule has 92 valence electrons. The Hall–Kier alpha value is -2.04. The van der Waals surface area contributed by atoms with Gasteiger partial charge in [0.05, 0.1) is 12.2 Å². The fourth-order valence-corrected chi connectivity index (χ4v) is 1.31. The van der Waals surface area contributed by atoms with E-state index in [9.17, 15) is 14.7 Å². The maximum absolute atomic E-state index is 10.8. The molecule has 5 heteroatoms. The van der Waals surface area contributed by atoms with Crippen molar-refractivity contribution in [2.45, 2.75) is 20.5 Å². The summed E-state index contributed by atoms with van der Waals surface area (Å²) in [5.41, 5.74) is 0.696. The number of hydrogen-bond acceptors (Lipinski definition) is 5. The molecule has 0 aliphatic heterocycles. The molecular formula is C12H14O5. The largest absolute Gasteiger partial charge is 0.504 e. The van der Waals surface area contributed by atoms with E-state index in [-0.39, 0.29) is 23.7 Å². The number of aldehydes is 1. The lowest BCUT2D eigenvalue weighted by atomic mass is 10.1. The monoisotopic (exact) mass is 238 g/mol. The Morgan fingerprint density at radius 3 is 2.71 bits per heavy atom. The van der Waals surface area contributed by atoms with Gasteiger partial charge in [0.15, 0.2) is 17.8 Å². The van der Waals surface area contributed by atoms with E-state index in [1.165, 1.54) is 19.1 Å². The van der Waals surface area contributed by atoms with Gasteiger partial charge in [-0.05, 0) is 24.6 Å². The first-order valence-electron chi connectivity index (χ1n) is 5.15. The molecule has 0 fully saturated rings. The molecule has 0 bridgehead atoms. The molecule has 0 saturated heterocycles. The Kier molecular flexibility index (Phi) is 4.51. The highest BCUT2D eigenvalue weighted by Crippen LogP contribution is 2.31. The van der Waals surface area contributed by atoms with Crippen molar-refractivity contribution in [3.8, 4) is 11.5 Å². The summed E-state index contributed by atoms with van der Waals surface area (Å²) in [6.07, 6.45) is 0.523. The molecule has 0 heterocycles. The van der Waals surface area contributed by atoms with E-state index in [1.807, 2.05) is 0 Å². The molecule has 0 unspecified atom stereocenters. The molecule has 1 rings (SSSR count). The third-order valence-electron chi connectivity index (χ3n) is 2.03. The van der Waals surface area contributed by atoms with Crippen LogP contribution in [0.3, 0.4) is 0 Å². The van der Waals surface area contributed by atoms with Gasteiger partial charge in [0, 0.05) is 6.92 Å². The summed E-state index contributed by atoms with van der Waals surface area (Å²) in [5, 5.41) is 9.66. The molecular weight excluding hydrogens is 224 g/mol. The smallest absolute Gasteiger partial charge is 0.302 e. The first-order valence-corrected chi connectivity index (χ1v) is 5.15. The van der Waals surface area contributed by atoms with E-state index in [4.69, 9.17) is 9.47 Å². The Morgan fingerprint density at radius 2 is 2.18 bits per heavy atom. The molecule has 1 N–H and O–H groups in total. The Bertz CT molecular complexity index is 425. The average molecular weight is 238 g/mol. The minimum Gasteiger partial charge on any atom is -0.504 e. The first kappa shape index (κ1) is 13.0. The van der Waals surface area contributed by atoms with Crippen molar-refractivity contribution >= 4 is 12.3 Å². The highest BCUT2D eigenvalue weighted by molar-refractivity contribution is 5.81. The van der Waals surface area contributed by atoms with E-state index in [0.717, 1.165) is 0 Å². The molecule has 0 spiro atoms. The number of esters is 1. The van der Waals surface area contributed by atoms with E-state index in [2.05, 4.69) is 0 Å². The molecule has 17 heavy (non-hydrogen) atoms. The van der Waals surface area contributed by atoms with Crippen LogP contribution in [0.2, 0.25) is 0 Å². The van der Waals surface area contributed by atoms with Crippen LogP contribution in [0.1, 0.15) is 29.8 Å². The SMILES string of the molecule is CCOc1cc(COC(C)=O)cc(C=O)c1O. The van der Waals surface area contributed by atoms with Crippen molar-refractivity contribution in [2.24, 2.45) is 0 Å². The van der Waals surface area contributed by atoms with Gasteiger partial charge in [-0.15, -0.1) is 0 Å². The topological polar surface area (TPSA) is 72.8 Å². The van der Waals surface area contributed by atoms with Gasteiger partial charge in [0.1, 0.15) is 6.61 Å². The maximum atomic E-state index is 10.8. The van der Waals surface area contributed by atoms with Gasteiger partial charge < -0.3 is 14.6 Å². The summed E-state index contributed by atoms with van der Waals surface area (Å²) in [5.74, 6) is -0.406. The van der Waals surface area contributed by atoms with Crippen LogP contribution in [-0.4, -0.2) is 24.0 Å². The highest BCUT2D eigenvalue weighted by atomic mass is 16.5. The number of phenols is 1. The Balaban J connectivity index is 3.01. The Labute approximate surface area is 99.0 Å². The fraction of sp³-hybridized carbons (Fsp3) is 0.333. The molecule has 0 aromatic heterocycles. The predicted octanol–water partition coefficient (Wildman–Crippen LogP) is 1.67. The number of phenolic OH excluding ortho intramolecular Hbond substituents is 1. The van der Waals surface area contributed by atoms with Crippen molar-refractivity contribution in [1.82, 2.24) is 0 Å². The van der Waals surface area contributed by atoms with Crippen molar-refractivity contribution in [2.75, 3.05) is 6.61 Å². The molecule has 1 aromatic carbocycles.